The molecule has 0 radical (unpaired) electrons. The number of aromatic nitrogens is 1. The highest BCUT2D eigenvalue weighted by atomic mass is 32.1. The highest BCUT2D eigenvalue weighted by molar-refractivity contribution is 7.21. The molecule has 3 aromatic rings. The van der Waals surface area contributed by atoms with Crippen molar-refractivity contribution >= 4 is 38.8 Å². The molecule has 0 spiro atoms. The van der Waals surface area contributed by atoms with Crippen LogP contribution in [0.5, 0.6) is 0 Å². The summed E-state index contributed by atoms with van der Waals surface area (Å²) in [5.41, 5.74) is 7.46. The minimum Gasteiger partial charge on any atom is -0.397 e. The third-order valence-corrected chi connectivity index (χ3v) is 6.63. The highest BCUT2D eigenvalue weighted by Gasteiger charge is 2.23. The van der Waals surface area contributed by atoms with Gasteiger partial charge in [-0.2, -0.15) is 0 Å². The van der Waals surface area contributed by atoms with Gasteiger partial charge in [-0.3, -0.25) is 4.79 Å². The van der Waals surface area contributed by atoms with E-state index in [4.69, 9.17) is 5.73 Å². The zero-order valence-electron chi connectivity index (χ0n) is 18.3. The van der Waals surface area contributed by atoms with Crippen LogP contribution in [0.1, 0.15) is 27.9 Å². The number of halogens is 3. The van der Waals surface area contributed by atoms with Gasteiger partial charge < -0.3 is 21.3 Å². The molecular weight excluding hydrogens is 451 g/mol. The van der Waals surface area contributed by atoms with E-state index in [0.29, 0.717) is 23.3 Å². The van der Waals surface area contributed by atoms with Crippen molar-refractivity contribution in [3.05, 3.63) is 64.1 Å². The van der Waals surface area contributed by atoms with Crippen LogP contribution in [0.2, 0.25) is 0 Å². The zero-order valence-corrected chi connectivity index (χ0v) is 19.1. The molecule has 4 rings (SSSR count). The molecule has 1 saturated heterocycles. The number of nitrogens with one attached hydrogen (secondary N) is 2. The molecule has 1 aliphatic rings. The van der Waals surface area contributed by atoms with Crippen molar-refractivity contribution in [2.75, 3.05) is 30.3 Å². The van der Waals surface area contributed by atoms with Crippen molar-refractivity contribution < 1.29 is 18.0 Å². The van der Waals surface area contributed by atoms with Crippen LogP contribution in [0.25, 0.3) is 10.2 Å². The lowest BCUT2D eigenvalue weighted by Gasteiger charge is -2.35. The number of anilines is 2. The number of thiophene rings is 1. The molecule has 1 fully saturated rings. The first kappa shape index (κ1) is 22.9. The molecule has 10 heteroatoms. The van der Waals surface area contributed by atoms with E-state index in [0.717, 1.165) is 23.1 Å². The smallest absolute Gasteiger partial charge is 0.263 e. The van der Waals surface area contributed by atoms with E-state index in [9.17, 15) is 18.0 Å². The molecule has 1 aliphatic heterocycles. The standard InChI is InChI=1S/C23H24F3N5OS/c1-11-9-31(10-12(2)29-11)19-8-17(25)14(6-18(19)26)4-5-28-22(32)21-20(27)15-7-16(24)13(3)30-23(15)33-21/h6-8,12,29H,1,4-5,9-10,27H2,2-3H3,(H,28,32). The second kappa shape index (κ2) is 8.93. The van der Waals surface area contributed by atoms with E-state index in [1.165, 1.54) is 19.1 Å². The third-order valence-electron chi connectivity index (χ3n) is 5.52. The Morgan fingerprint density at radius 1 is 1.30 bits per heavy atom. The number of nitrogen functional groups attached to an aromatic ring is 1. The van der Waals surface area contributed by atoms with Crippen LogP contribution in [-0.4, -0.2) is 36.6 Å². The van der Waals surface area contributed by atoms with Crippen molar-refractivity contribution in [2.45, 2.75) is 26.3 Å². The van der Waals surface area contributed by atoms with Crippen LogP contribution in [-0.2, 0) is 6.42 Å². The van der Waals surface area contributed by atoms with Gasteiger partial charge in [0, 0.05) is 36.3 Å². The van der Waals surface area contributed by atoms with Crippen molar-refractivity contribution in [3.63, 3.8) is 0 Å². The summed E-state index contributed by atoms with van der Waals surface area (Å²) in [5, 5.41) is 6.21. The molecule has 1 unspecified atom stereocenters. The number of hydrogen-bond acceptors (Lipinski definition) is 6. The number of aryl methyl sites for hydroxylation is 1. The third kappa shape index (κ3) is 4.61. The number of carbonyl (C=O) groups excluding carboxylic acids is 1. The molecule has 6 nitrogen and oxygen atoms in total. The van der Waals surface area contributed by atoms with Gasteiger partial charge in [-0.05, 0) is 38.0 Å². The molecule has 4 N–H and O–H groups in total. The normalized spacial score (nSPS) is 16.2. The molecule has 0 aliphatic carbocycles. The minimum atomic E-state index is -0.547. The Bertz CT molecular complexity index is 1260. The van der Waals surface area contributed by atoms with Crippen LogP contribution in [0.4, 0.5) is 24.5 Å². The number of rotatable bonds is 5. The first-order valence-electron chi connectivity index (χ1n) is 10.4. The number of fused-ring (bicyclic) bond motifs is 1. The summed E-state index contributed by atoms with van der Waals surface area (Å²) in [4.78, 5) is 19.1. The molecule has 3 heterocycles. The summed E-state index contributed by atoms with van der Waals surface area (Å²) in [6, 6.07) is 3.68. The fourth-order valence-corrected chi connectivity index (χ4v) is 4.96. The summed E-state index contributed by atoms with van der Waals surface area (Å²) in [6.45, 7) is 8.35. The minimum absolute atomic E-state index is 0.0699. The fourth-order valence-electron chi connectivity index (χ4n) is 3.92. The Balaban J connectivity index is 1.44. The second-order valence-electron chi connectivity index (χ2n) is 8.18. The van der Waals surface area contributed by atoms with Crippen LogP contribution < -0.4 is 21.3 Å². The topological polar surface area (TPSA) is 83.3 Å². The average Bonchev–Trinajstić information content (AvgIpc) is 3.05. The summed E-state index contributed by atoms with van der Waals surface area (Å²) in [5.74, 6) is -2.05. The number of hydrogen-bond donors (Lipinski definition) is 3. The summed E-state index contributed by atoms with van der Waals surface area (Å²) in [6.07, 6.45) is 0.0935. The molecule has 1 atom stereocenters. The molecule has 174 valence electrons. The van der Waals surface area contributed by atoms with Crippen molar-refractivity contribution in [2.24, 2.45) is 0 Å². The molecule has 1 amide bonds. The summed E-state index contributed by atoms with van der Waals surface area (Å²) in [7, 11) is 0. The van der Waals surface area contributed by atoms with E-state index in [2.05, 4.69) is 22.2 Å². The van der Waals surface area contributed by atoms with Gasteiger partial charge in [0.1, 0.15) is 27.2 Å². The number of amides is 1. The van der Waals surface area contributed by atoms with E-state index >= 15 is 0 Å². The van der Waals surface area contributed by atoms with E-state index in [1.807, 2.05) is 6.92 Å². The fraction of sp³-hybridized carbons (Fsp3) is 0.304. The van der Waals surface area contributed by atoms with Crippen LogP contribution >= 0.6 is 11.3 Å². The van der Waals surface area contributed by atoms with Gasteiger partial charge >= 0.3 is 0 Å². The van der Waals surface area contributed by atoms with E-state index < -0.39 is 23.4 Å². The Hall–Kier alpha value is -3.27. The summed E-state index contributed by atoms with van der Waals surface area (Å²) < 4.78 is 43.3. The molecule has 2 aromatic heterocycles. The maximum absolute atomic E-state index is 14.8. The van der Waals surface area contributed by atoms with Gasteiger partial charge in [0.25, 0.3) is 5.91 Å². The molecule has 0 saturated carbocycles. The molecule has 0 bridgehead atoms. The van der Waals surface area contributed by atoms with Gasteiger partial charge in [-0.1, -0.05) is 6.58 Å². The van der Waals surface area contributed by atoms with Gasteiger partial charge in [0.15, 0.2) is 0 Å². The van der Waals surface area contributed by atoms with E-state index in [-0.39, 0.29) is 46.5 Å². The SMILES string of the molecule is C=C1CN(c2cc(F)c(CCNC(=O)c3sc4nc(C)c(F)cc4c3N)cc2F)CC(C)N1. The molecule has 1 aromatic carbocycles. The monoisotopic (exact) mass is 475 g/mol. The number of pyridine rings is 1. The first-order chi connectivity index (χ1) is 15.6. The van der Waals surface area contributed by atoms with Crippen molar-refractivity contribution in [1.29, 1.82) is 0 Å². The van der Waals surface area contributed by atoms with Crippen molar-refractivity contribution in [3.8, 4) is 0 Å². The van der Waals surface area contributed by atoms with Crippen LogP contribution in [0.15, 0.2) is 30.5 Å². The zero-order chi connectivity index (χ0) is 23.9. The summed E-state index contributed by atoms with van der Waals surface area (Å²) >= 11 is 1.06. The number of benzene rings is 1. The Morgan fingerprint density at radius 2 is 2.06 bits per heavy atom. The Labute approximate surface area is 193 Å². The first-order valence-corrected chi connectivity index (χ1v) is 11.3. The van der Waals surface area contributed by atoms with Gasteiger partial charge in [-0.25, -0.2) is 18.2 Å². The maximum Gasteiger partial charge on any atom is 0.263 e. The number of piperazine rings is 1. The van der Waals surface area contributed by atoms with Crippen LogP contribution in [0.3, 0.4) is 0 Å². The lowest BCUT2D eigenvalue weighted by atomic mass is 10.1. The molecular formula is C23H24F3N5OS. The highest BCUT2D eigenvalue weighted by Crippen LogP contribution is 2.33. The molecule has 33 heavy (non-hydrogen) atoms. The Kier molecular flexibility index (Phi) is 6.20. The van der Waals surface area contributed by atoms with Gasteiger partial charge in [-0.15, -0.1) is 11.3 Å². The lowest BCUT2D eigenvalue weighted by Crippen LogP contribution is -2.47. The number of nitrogens with two attached hydrogens (primary N) is 1. The van der Waals surface area contributed by atoms with Gasteiger partial charge in [0.05, 0.1) is 23.6 Å². The second-order valence-corrected chi connectivity index (χ2v) is 9.18. The number of carbonyl (C=O) groups is 1. The largest absolute Gasteiger partial charge is 0.397 e. The average molecular weight is 476 g/mol. The maximum atomic E-state index is 14.8. The quantitative estimate of drug-likeness (QED) is 0.522. The lowest BCUT2D eigenvalue weighted by molar-refractivity contribution is 0.0959. The Morgan fingerprint density at radius 3 is 2.79 bits per heavy atom. The predicted octanol–water partition coefficient (Wildman–Crippen LogP) is 3.89. The number of nitrogens with zero attached hydrogens (tertiary/aromatic N) is 2. The van der Waals surface area contributed by atoms with Gasteiger partial charge in [0.2, 0.25) is 0 Å². The van der Waals surface area contributed by atoms with Crippen LogP contribution in [0, 0.1) is 24.4 Å². The predicted molar refractivity (Wildman–Crippen MR) is 125 cm³/mol. The van der Waals surface area contributed by atoms with Crippen molar-refractivity contribution in [1.82, 2.24) is 15.6 Å². The van der Waals surface area contributed by atoms with E-state index in [1.54, 1.807) is 4.90 Å².